The van der Waals surface area contributed by atoms with Gasteiger partial charge in [-0.3, -0.25) is 16.3 Å². The van der Waals surface area contributed by atoms with E-state index in [1.165, 1.54) is 5.56 Å². The molecule has 20 heavy (non-hydrogen) atoms. The average Bonchev–Trinajstić information content (AvgIpc) is 3.23. The Hall–Kier alpha value is -0.750. The zero-order valence-electron chi connectivity index (χ0n) is 10.8. The molecule has 1 aromatic heterocycles. The standard InChI is InChI=1S/C15H15Br2N3/c16-10-6-13(17)15(19-8-10)14(20-18)12-7-11(12)9-4-2-1-3-5-9/h1-6,8,11-12,14,20H,7,18H2. The molecule has 0 spiro atoms. The molecule has 1 aromatic carbocycles. The molecule has 0 aliphatic heterocycles. The zero-order chi connectivity index (χ0) is 14.1. The minimum Gasteiger partial charge on any atom is -0.271 e. The van der Waals surface area contributed by atoms with Crippen molar-refractivity contribution in [1.29, 1.82) is 0 Å². The van der Waals surface area contributed by atoms with E-state index in [2.05, 4.69) is 66.5 Å². The van der Waals surface area contributed by atoms with Crippen LogP contribution in [0.1, 0.15) is 29.6 Å². The monoisotopic (exact) mass is 395 g/mol. The van der Waals surface area contributed by atoms with Crippen LogP contribution >= 0.6 is 31.9 Å². The number of nitrogens with one attached hydrogen (secondary N) is 1. The number of hydrogen-bond donors (Lipinski definition) is 2. The summed E-state index contributed by atoms with van der Waals surface area (Å²) < 4.78 is 1.94. The zero-order valence-corrected chi connectivity index (χ0v) is 13.9. The third-order valence-electron chi connectivity index (χ3n) is 3.81. The predicted molar refractivity (Wildman–Crippen MR) is 87.0 cm³/mol. The highest BCUT2D eigenvalue weighted by Crippen LogP contribution is 2.54. The molecule has 3 rings (SSSR count). The Balaban J connectivity index is 1.82. The van der Waals surface area contributed by atoms with Crippen molar-refractivity contribution in [2.24, 2.45) is 11.8 Å². The van der Waals surface area contributed by atoms with Crippen molar-refractivity contribution in [3.8, 4) is 0 Å². The minimum absolute atomic E-state index is 0.0719. The van der Waals surface area contributed by atoms with Crippen molar-refractivity contribution in [3.05, 3.63) is 62.8 Å². The van der Waals surface area contributed by atoms with Crippen LogP contribution < -0.4 is 11.3 Å². The van der Waals surface area contributed by atoms with Gasteiger partial charge >= 0.3 is 0 Å². The molecule has 104 valence electrons. The van der Waals surface area contributed by atoms with E-state index < -0.39 is 0 Å². The molecule has 1 aliphatic carbocycles. The maximum absolute atomic E-state index is 5.77. The molecule has 3 unspecified atom stereocenters. The van der Waals surface area contributed by atoms with E-state index in [9.17, 15) is 0 Å². The average molecular weight is 397 g/mol. The number of aromatic nitrogens is 1. The second-order valence-corrected chi connectivity index (χ2v) is 6.85. The van der Waals surface area contributed by atoms with Gasteiger partial charge in [0.2, 0.25) is 0 Å². The lowest BCUT2D eigenvalue weighted by molar-refractivity contribution is 0.474. The van der Waals surface area contributed by atoms with E-state index in [0.29, 0.717) is 11.8 Å². The molecule has 2 aromatic rings. The summed E-state index contributed by atoms with van der Waals surface area (Å²) in [5.41, 5.74) is 5.28. The van der Waals surface area contributed by atoms with Gasteiger partial charge in [-0.25, -0.2) is 0 Å². The van der Waals surface area contributed by atoms with Gasteiger partial charge in [0.05, 0.1) is 11.7 Å². The first-order chi connectivity index (χ1) is 9.70. The van der Waals surface area contributed by atoms with E-state index in [0.717, 1.165) is 21.1 Å². The summed E-state index contributed by atoms with van der Waals surface area (Å²) in [5, 5.41) is 0. The fourth-order valence-corrected chi connectivity index (χ4v) is 3.96. The molecule has 5 heteroatoms. The number of nitrogens with two attached hydrogens (primary N) is 1. The first-order valence-corrected chi connectivity index (χ1v) is 8.11. The van der Waals surface area contributed by atoms with Crippen LogP contribution in [0.5, 0.6) is 0 Å². The van der Waals surface area contributed by atoms with Gasteiger partial charge in [-0.2, -0.15) is 0 Å². The number of benzene rings is 1. The fourth-order valence-electron chi connectivity index (χ4n) is 2.73. The Kier molecular flexibility index (Phi) is 4.21. The molecule has 1 aliphatic rings. The van der Waals surface area contributed by atoms with E-state index in [1.54, 1.807) is 0 Å². The van der Waals surface area contributed by atoms with Crippen LogP contribution in [0.4, 0.5) is 0 Å². The summed E-state index contributed by atoms with van der Waals surface area (Å²) >= 11 is 7.00. The summed E-state index contributed by atoms with van der Waals surface area (Å²) in [6.45, 7) is 0. The van der Waals surface area contributed by atoms with Crippen molar-refractivity contribution in [1.82, 2.24) is 10.4 Å². The molecule has 3 nitrogen and oxygen atoms in total. The molecule has 0 saturated heterocycles. The summed E-state index contributed by atoms with van der Waals surface area (Å²) in [4.78, 5) is 4.50. The number of halogens is 2. The normalized spacial score (nSPS) is 22.6. The maximum Gasteiger partial charge on any atom is 0.0732 e. The predicted octanol–water partition coefficient (Wildman–Crippen LogP) is 3.91. The third kappa shape index (κ3) is 2.81. The van der Waals surface area contributed by atoms with Gasteiger partial charge in [-0.1, -0.05) is 30.3 Å². The lowest BCUT2D eigenvalue weighted by atomic mass is 10.0. The Labute approximate surface area is 135 Å². The highest BCUT2D eigenvalue weighted by atomic mass is 79.9. The summed E-state index contributed by atoms with van der Waals surface area (Å²) in [6.07, 6.45) is 2.95. The van der Waals surface area contributed by atoms with Crippen LogP contribution in [0.3, 0.4) is 0 Å². The number of nitrogens with zero attached hydrogens (tertiary/aromatic N) is 1. The molecule has 0 amide bonds. The molecule has 1 fully saturated rings. The first kappa shape index (κ1) is 14.2. The Bertz CT molecular complexity index is 603. The quantitative estimate of drug-likeness (QED) is 0.608. The Morgan fingerprint density at radius 2 is 2.00 bits per heavy atom. The lowest BCUT2D eigenvalue weighted by Crippen LogP contribution is -2.30. The van der Waals surface area contributed by atoms with Crippen molar-refractivity contribution in [2.45, 2.75) is 18.4 Å². The highest BCUT2D eigenvalue weighted by molar-refractivity contribution is 9.11. The van der Waals surface area contributed by atoms with Crippen LogP contribution in [0.25, 0.3) is 0 Å². The molecule has 1 heterocycles. The SMILES string of the molecule is NNC(c1ncc(Br)cc1Br)C1CC1c1ccccc1. The second kappa shape index (κ2) is 5.93. The molecule has 0 radical (unpaired) electrons. The van der Waals surface area contributed by atoms with E-state index in [4.69, 9.17) is 5.84 Å². The van der Waals surface area contributed by atoms with Crippen molar-refractivity contribution in [2.75, 3.05) is 0 Å². The van der Waals surface area contributed by atoms with Gasteiger partial charge in [-0.05, 0) is 61.7 Å². The molecule has 3 atom stereocenters. The van der Waals surface area contributed by atoms with Crippen molar-refractivity contribution >= 4 is 31.9 Å². The van der Waals surface area contributed by atoms with Gasteiger partial charge in [0.15, 0.2) is 0 Å². The number of hydrogen-bond acceptors (Lipinski definition) is 3. The van der Waals surface area contributed by atoms with Gasteiger partial charge in [0.1, 0.15) is 0 Å². The smallest absolute Gasteiger partial charge is 0.0732 e. The largest absolute Gasteiger partial charge is 0.271 e. The van der Waals surface area contributed by atoms with Crippen LogP contribution in [-0.2, 0) is 0 Å². The number of rotatable bonds is 4. The Morgan fingerprint density at radius 3 is 2.65 bits per heavy atom. The molecular weight excluding hydrogens is 382 g/mol. The second-order valence-electron chi connectivity index (χ2n) is 5.08. The van der Waals surface area contributed by atoms with Crippen LogP contribution in [-0.4, -0.2) is 4.98 Å². The molecule has 0 bridgehead atoms. The molecular formula is C15H15Br2N3. The topological polar surface area (TPSA) is 50.9 Å². The third-order valence-corrected chi connectivity index (χ3v) is 4.87. The van der Waals surface area contributed by atoms with Gasteiger partial charge < -0.3 is 0 Å². The van der Waals surface area contributed by atoms with Crippen molar-refractivity contribution < 1.29 is 0 Å². The van der Waals surface area contributed by atoms with Crippen LogP contribution in [0.2, 0.25) is 0 Å². The van der Waals surface area contributed by atoms with E-state index >= 15 is 0 Å². The lowest BCUT2D eigenvalue weighted by Gasteiger charge is -2.17. The summed E-state index contributed by atoms with van der Waals surface area (Å²) in [5.74, 6) is 6.83. The van der Waals surface area contributed by atoms with Crippen LogP contribution in [0.15, 0.2) is 51.5 Å². The van der Waals surface area contributed by atoms with Gasteiger partial charge in [0.25, 0.3) is 0 Å². The summed E-state index contributed by atoms with van der Waals surface area (Å²) in [7, 11) is 0. The Morgan fingerprint density at radius 1 is 1.25 bits per heavy atom. The first-order valence-electron chi connectivity index (χ1n) is 6.52. The fraction of sp³-hybridized carbons (Fsp3) is 0.267. The van der Waals surface area contributed by atoms with Crippen LogP contribution in [0, 0.1) is 5.92 Å². The van der Waals surface area contributed by atoms with E-state index in [-0.39, 0.29) is 6.04 Å². The van der Waals surface area contributed by atoms with Gasteiger partial charge in [-0.15, -0.1) is 0 Å². The minimum atomic E-state index is 0.0719. The molecule has 1 saturated carbocycles. The number of hydrazine groups is 1. The number of pyridine rings is 1. The van der Waals surface area contributed by atoms with Crippen molar-refractivity contribution in [3.63, 3.8) is 0 Å². The maximum atomic E-state index is 5.77. The molecule has 3 N–H and O–H groups in total. The summed E-state index contributed by atoms with van der Waals surface area (Å²) in [6, 6.07) is 12.7. The van der Waals surface area contributed by atoms with E-state index in [1.807, 2.05) is 18.3 Å². The highest BCUT2D eigenvalue weighted by Gasteiger charge is 2.45. The van der Waals surface area contributed by atoms with Gasteiger partial charge in [0, 0.05) is 15.1 Å².